The molecular weight excluding hydrogens is 460 g/mol. The largest absolute Gasteiger partial charge is 0.493 e. The van der Waals surface area contributed by atoms with E-state index in [-0.39, 0.29) is 13.1 Å². The third-order valence-electron chi connectivity index (χ3n) is 5.61. The first-order valence-corrected chi connectivity index (χ1v) is 11.3. The zero-order valence-corrected chi connectivity index (χ0v) is 20.2. The number of carbonyl (C=O) groups is 1. The Morgan fingerprint density at radius 3 is 2.31 bits per heavy atom. The Hall–Kier alpha value is -4.66. The Balaban J connectivity index is 1.82. The van der Waals surface area contributed by atoms with Crippen LogP contribution in [0.25, 0.3) is 5.69 Å². The van der Waals surface area contributed by atoms with Crippen LogP contribution in [-0.4, -0.2) is 34.5 Å². The number of benzene rings is 3. The van der Waals surface area contributed by atoms with Crippen molar-refractivity contribution in [3.63, 3.8) is 0 Å². The maximum Gasteiger partial charge on any atom is 0.352 e. The molecular formula is C27H26N4O5. The standard InChI is InChI=1S/C27H26N4O5/c1-18-8-7-11-20(14-18)17-30-26(33)24(25(32)28-16-19-9-5-4-6-10-19)29-31(27(30)34)21-12-13-22(35-2)23(15-21)36-3/h4-15H,16-17H2,1-3H3,(H,28,32). The molecule has 1 amide bonds. The molecule has 36 heavy (non-hydrogen) atoms. The summed E-state index contributed by atoms with van der Waals surface area (Å²) in [6.07, 6.45) is 0. The normalized spacial score (nSPS) is 10.6. The summed E-state index contributed by atoms with van der Waals surface area (Å²) >= 11 is 0. The summed E-state index contributed by atoms with van der Waals surface area (Å²) in [7, 11) is 2.97. The first kappa shape index (κ1) is 24.5. The molecule has 1 N–H and O–H groups in total. The third-order valence-corrected chi connectivity index (χ3v) is 5.61. The van der Waals surface area contributed by atoms with Gasteiger partial charge in [-0.2, -0.15) is 9.78 Å². The number of methoxy groups -OCH3 is 2. The van der Waals surface area contributed by atoms with Gasteiger partial charge in [-0.15, -0.1) is 0 Å². The lowest BCUT2D eigenvalue weighted by Crippen LogP contribution is -2.46. The minimum Gasteiger partial charge on any atom is -0.493 e. The highest BCUT2D eigenvalue weighted by Gasteiger charge is 2.21. The smallest absolute Gasteiger partial charge is 0.352 e. The maximum absolute atomic E-state index is 13.4. The van der Waals surface area contributed by atoms with Crippen LogP contribution in [0.5, 0.6) is 11.5 Å². The topological polar surface area (TPSA) is 104 Å². The van der Waals surface area contributed by atoms with Crippen molar-refractivity contribution in [3.05, 3.63) is 116 Å². The van der Waals surface area contributed by atoms with Crippen LogP contribution in [0.15, 0.2) is 82.4 Å². The van der Waals surface area contributed by atoms with Gasteiger partial charge in [0.1, 0.15) is 0 Å². The number of ether oxygens (including phenoxy) is 2. The molecule has 4 aromatic rings. The zero-order chi connectivity index (χ0) is 25.7. The Labute approximate surface area is 207 Å². The number of amides is 1. The Morgan fingerprint density at radius 1 is 0.889 bits per heavy atom. The van der Waals surface area contributed by atoms with Crippen LogP contribution in [0.1, 0.15) is 27.2 Å². The lowest BCUT2D eigenvalue weighted by molar-refractivity contribution is 0.0941. The Morgan fingerprint density at radius 2 is 1.61 bits per heavy atom. The quantitative estimate of drug-likeness (QED) is 0.411. The van der Waals surface area contributed by atoms with Crippen LogP contribution in [0.3, 0.4) is 0 Å². The van der Waals surface area contributed by atoms with Crippen LogP contribution in [0.2, 0.25) is 0 Å². The number of hydrogen-bond acceptors (Lipinski definition) is 6. The Bertz CT molecular complexity index is 1510. The monoisotopic (exact) mass is 486 g/mol. The molecule has 0 unspecified atom stereocenters. The molecule has 0 aliphatic heterocycles. The van der Waals surface area contributed by atoms with E-state index in [1.165, 1.54) is 14.2 Å². The average molecular weight is 487 g/mol. The van der Waals surface area contributed by atoms with Crippen molar-refractivity contribution in [2.75, 3.05) is 14.2 Å². The highest BCUT2D eigenvalue weighted by molar-refractivity contribution is 5.91. The summed E-state index contributed by atoms with van der Waals surface area (Å²) in [5, 5.41) is 6.89. The van der Waals surface area contributed by atoms with E-state index in [9.17, 15) is 14.4 Å². The summed E-state index contributed by atoms with van der Waals surface area (Å²) in [5.41, 5.74) is 1.04. The molecule has 0 aliphatic carbocycles. The predicted molar refractivity (Wildman–Crippen MR) is 135 cm³/mol. The van der Waals surface area contributed by atoms with Crippen molar-refractivity contribution in [1.82, 2.24) is 19.7 Å². The molecule has 9 nitrogen and oxygen atoms in total. The predicted octanol–water partition coefficient (Wildman–Crippen LogP) is 2.70. The molecule has 0 atom stereocenters. The Kier molecular flexibility index (Phi) is 7.29. The second-order valence-corrected chi connectivity index (χ2v) is 8.13. The third kappa shape index (κ3) is 5.20. The van der Waals surface area contributed by atoms with Crippen LogP contribution in [0.4, 0.5) is 0 Å². The van der Waals surface area contributed by atoms with E-state index in [4.69, 9.17) is 9.47 Å². The van der Waals surface area contributed by atoms with Crippen molar-refractivity contribution < 1.29 is 14.3 Å². The van der Waals surface area contributed by atoms with Crippen molar-refractivity contribution in [2.45, 2.75) is 20.0 Å². The molecule has 0 fully saturated rings. The molecule has 0 radical (unpaired) electrons. The van der Waals surface area contributed by atoms with Gasteiger partial charge in [0, 0.05) is 12.6 Å². The highest BCUT2D eigenvalue weighted by Crippen LogP contribution is 2.28. The summed E-state index contributed by atoms with van der Waals surface area (Å²) in [6.45, 7) is 2.10. The van der Waals surface area contributed by atoms with E-state index in [2.05, 4.69) is 10.4 Å². The van der Waals surface area contributed by atoms with Gasteiger partial charge in [-0.3, -0.25) is 14.2 Å². The first-order valence-electron chi connectivity index (χ1n) is 11.3. The molecule has 0 aliphatic rings. The summed E-state index contributed by atoms with van der Waals surface area (Å²) in [6, 6.07) is 21.5. The molecule has 0 spiro atoms. The van der Waals surface area contributed by atoms with Crippen molar-refractivity contribution in [3.8, 4) is 17.2 Å². The molecule has 3 aromatic carbocycles. The summed E-state index contributed by atoms with van der Waals surface area (Å²) in [5.74, 6) is 0.148. The first-order chi connectivity index (χ1) is 17.4. The molecule has 184 valence electrons. The maximum atomic E-state index is 13.4. The fourth-order valence-electron chi connectivity index (χ4n) is 3.78. The molecule has 1 aromatic heterocycles. The van der Waals surface area contributed by atoms with E-state index in [0.29, 0.717) is 17.2 Å². The van der Waals surface area contributed by atoms with Gasteiger partial charge < -0.3 is 14.8 Å². The lowest BCUT2D eigenvalue weighted by Gasteiger charge is -2.14. The average Bonchev–Trinajstić information content (AvgIpc) is 2.90. The molecule has 0 saturated carbocycles. The molecule has 1 heterocycles. The number of aryl methyl sites for hydroxylation is 1. The SMILES string of the molecule is COc1ccc(-n2nc(C(=O)NCc3ccccc3)c(=O)n(Cc3cccc(C)c3)c2=O)cc1OC. The van der Waals surface area contributed by atoms with Gasteiger partial charge in [0.2, 0.25) is 5.69 Å². The van der Waals surface area contributed by atoms with E-state index >= 15 is 0 Å². The fraction of sp³-hybridized carbons (Fsp3) is 0.185. The van der Waals surface area contributed by atoms with Gasteiger partial charge in [0.05, 0.1) is 26.5 Å². The van der Waals surface area contributed by atoms with E-state index in [1.807, 2.05) is 61.5 Å². The van der Waals surface area contributed by atoms with Crippen LogP contribution in [-0.2, 0) is 13.1 Å². The fourth-order valence-corrected chi connectivity index (χ4v) is 3.78. The summed E-state index contributed by atoms with van der Waals surface area (Å²) < 4.78 is 12.7. The van der Waals surface area contributed by atoms with Crippen LogP contribution >= 0.6 is 0 Å². The van der Waals surface area contributed by atoms with E-state index < -0.39 is 22.9 Å². The van der Waals surface area contributed by atoms with Gasteiger partial charge >= 0.3 is 5.69 Å². The minimum absolute atomic E-state index is 0.0197. The molecule has 0 bridgehead atoms. The minimum atomic E-state index is -0.774. The zero-order valence-electron chi connectivity index (χ0n) is 20.2. The van der Waals surface area contributed by atoms with Gasteiger partial charge in [0.25, 0.3) is 11.5 Å². The second kappa shape index (κ2) is 10.7. The molecule has 0 saturated heterocycles. The summed E-state index contributed by atoms with van der Waals surface area (Å²) in [4.78, 5) is 39.8. The van der Waals surface area contributed by atoms with E-state index in [1.54, 1.807) is 18.2 Å². The lowest BCUT2D eigenvalue weighted by atomic mass is 10.1. The highest BCUT2D eigenvalue weighted by atomic mass is 16.5. The number of nitrogens with zero attached hydrogens (tertiary/aromatic N) is 3. The second-order valence-electron chi connectivity index (χ2n) is 8.13. The molecule has 4 rings (SSSR count). The number of carbonyl (C=O) groups excluding carboxylic acids is 1. The van der Waals surface area contributed by atoms with Gasteiger partial charge in [-0.1, -0.05) is 60.2 Å². The number of aromatic nitrogens is 3. The van der Waals surface area contributed by atoms with Gasteiger partial charge in [-0.05, 0) is 30.2 Å². The van der Waals surface area contributed by atoms with Crippen molar-refractivity contribution >= 4 is 5.91 Å². The van der Waals surface area contributed by atoms with Crippen LogP contribution < -0.4 is 26.0 Å². The number of nitrogens with one attached hydrogen (secondary N) is 1. The van der Waals surface area contributed by atoms with Crippen molar-refractivity contribution in [1.29, 1.82) is 0 Å². The number of rotatable bonds is 8. The number of hydrogen-bond donors (Lipinski definition) is 1. The van der Waals surface area contributed by atoms with E-state index in [0.717, 1.165) is 25.9 Å². The van der Waals surface area contributed by atoms with Crippen molar-refractivity contribution in [2.24, 2.45) is 0 Å². The van der Waals surface area contributed by atoms with Crippen LogP contribution in [0, 0.1) is 6.92 Å². The van der Waals surface area contributed by atoms with Gasteiger partial charge in [0.15, 0.2) is 11.5 Å². The van der Waals surface area contributed by atoms with Gasteiger partial charge in [-0.25, -0.2) is 4.79 Å². The molecule has 9 heteroatoms.